The fourth-order valence-electron chi connectivity index (χ4n) is 1.78. The molecule has 0 radical (unpaired) electrons. The molecule has 3 N–H and O–H groups in total. The molecule has 2 heterocycles. The van der Waals surface area contributed by atoms with Gasteiger partial charge in [0, 0.05) is 11.1 Å². The van der Waals surface area contributed by atoms with Crippen molar-refractivity contribution in [1.29, 1.82) is 0 Å². The van der Waals surface area contributed by atoms with Crippen molar-refractivity contribution < 1.29 is 4.42 Å². The van der Waals surface area contributed by atoms with Crippen molar-refractivity contribution in [3.63, 3.8) is 0 Å². The summed E-state index contributed by atoms with van der Waals surface area (Å²) in [7, 11) is 0. The number of nitrogens with one attached hydrogen (secondary N) is 1. The molecule has 0 bridgehead atoms. The Bertz CT molecular complexity index is 751. The Kier molecular flexibility index (Phi) is 2.96. The van der Waals surface area contributed by atoms with Gasteiger partial charge in [0.15, 0.2) is 0 Å². The van der Waals surface area contributed by atoms with Gasteiger partial charge in [0.05, 0.1) is 11.3 Å². The maximum absolute atomic E-state index is 11.9. The van der Waals surface area contributed by atoms with Crippen LogP contribution in [0.25, 0.3) is 11.0 Å². The van der Waals surface area contributed by atoms with Gasteiger partial charge in [-0.1, -0.05) is 30.0 Å². The van der Waals surface area contributed by atoms with Crippen molar-refractivity contribution in [3.05, 3.63) is 46.3 Å². The Morgan fingerprint density at radius 3 is 3.00 bits per heavy atom. The summed E-state index contributed by atoms with van der Waals surface area (Å²) in [5, 5.41) is 8.99. The number of amidine groups is 1. The number of nitrogens with zero attached hydrogens (tertiary/aromatic N) is 2. The minimum atomic E-state index is -0.395. The molecule has 0 amide bonds. The van der Waals surface area contributed by atoms with Crippen molar-refractivity contribution in [2.24, 2.45) is 16.0 Å². The quantitative estimate of drug-likeness (QED) is 0.461. The Balaban J connectivity index is 2.08. The molecule has 0 unspecified atom stereocenters. The molecule has 1 aliphatic heterocycles. The molecule has 19 heavy (non-hydrogen) atoms. The van der Waals surface area contributed by atoms with E-state index in [0.717, 1.165) is 5.39 Å². The van der Waals surface area contributed by atoms with Gasteiger partial charge >= 0.3 is 5.63 Å². The van der Waals surface area contributed by atoms with Crippen LogP contribution in [0.3, 0.4) is 0 Å². The topological polar surface area (TPSA) is 93.0 Å². The van der Waals surface area contributed by atoms with Gasteiger partial charge in [-0.2, -0.15) is 10.2 Å². The lowest BCUT2D eigenvalue weighted by Crippen LogP contribution is -2.29. The maximum atomic E-state index is 11.9. The van der Waals surface area contributed by atoms with Crippen molar-refractivity contribution in [2.75, 3.05) is 5.75 Å². The summed E-state index contributed by atoms with van der Waals surface area (Å²) in [6, 6.07) is 9.14. The molecule has 0 aliphatic carbocycles. The minimum Gasteiger partial charge on any atom is -0.422 e. The Labute approximate surface area is 112 Å². The molecule has 2 aromatic rings. The van der Waals surface area contributed by atoms with Crippen LogP contribution in [0.5, 0.6) is 0 Å². The standard InChI is InChI=1S/C12H10N4O2S/c13-14-12-16-15-9(6-19-12)8-5-7-3-1-2-4-10(7)18-11(8)17/h1-5H,6,13H2,(H,14,16). The fourth-order valence-corrected chi connectivity index (χ4v) is 2.46. The molecular weight excluding hydrogens is 264 g/mol. The van der Waals surface area contributed by atoms with Crippen LogP contribution in [0, 0.1) is 0 Å². The number of rotatable bonds is 1. The first-order valence-corrected chi connectivity index (χ1v) is 6.53. The van der Waals surface area contributed by atoms with E-state index in [9.17, 15) is 4.79 Å². The SMILES string of the molecule is NN=C1NN=C(c2cc3ccccc3oc2=O)CS1. The molecule has 1 aliphatic rings. The van der Waals surface area contributed by atoms with E-state index in [1.165, 1.54) is 11.8 Å². The lowest BCUT2D eigenvalue weighted by atomic mass is 10.1. The smallest absolute Gasteiger partial charge is 0.345 e. The molecule has 96 valence electrons. The third-order valence-corrected chi connectivity index (χ3v) is 3.59. The van der Waals surface area contributed by atoms with E-state index in [0.29, 0.717) is 27.8 Å². The molecule has 1 aromatic heterocycles. The van der Waals surface area contributed by atoms with Crippen LogP contribution in [-0.2, 0) is 0 Å². The molecule has 0 atom stereocenters. The highest BCUT2D eigenvalue weighted by molar-refractivity contribution is 8.14. The second kappa shape index (κ2) is 4.77. The van der Waals surface area contributed by atoms with Gasteiger partial charge in [0.2, 0.25) is 5.17 Å². The van der Waals surface area contributed by atoms with Crippen LogP contribution in [0.4, 0.5) is 0 Å². The molecule has 0 fully saturated rings. The minimum absolute atomic E-state index is 0.395. The first kappa shape index (κ1) is 11.8. The lowest BCUT2D eigenvalue weighted by molar-refractivity contribution is 0.559. The highest BCUT2D eigenvalue weighted by Crippen LogP contribution is 2.16. The number of benzene rings is 1. The number of hydrogen-bond donors (Lipinski definition) is 2. The number of hydrazone groups is 2. The highest BCUT2D eigenvalue weighted by atomic mass is 32.2. The number of nitrogens with two attached hydrogens (primary N) is 1. The summed E-state index contributed by atoms with van der Waals surface area (Å²) in [4.78, 5) is 11.9. The molecule has 1 aromatic carbocycles. The number of thioether (sulfide) groups is 1. The summed E-state index contributed by atoms with van der Waals surface area (Å²) in [5.74, 6) is 5.67. The van der Waals surface area contributed by atoms with Gasteiger partial charge < -0.3 is 10.3 Å². The monoisotopic (exact) mass is 274 g/mol. The Morgan fingerprint density at radius 2 is 2.26 bits per heavy atom. The van der Waals surface area contributed by atoms with Gasteiger partial charge in [0.25, 0.3) is 0 Å². The summed E-state index contributed by atoms with van der Waals surface area (Å²) in [6.07, 6.45) is 0. The molecule has 3 rings (SSSR count). The average molecular weight is 274 g/mol. The van der Waals surface area contributed by atoms with Crippen molar-refractivity contribution in [3.8, 4) is 0 Å². The van der Waals surface area contributed by atoms with Crippen molar-refractivity contribution >= 4 is 33.6 Å². The predicted molar refractivity (Wildman–Crippen MR) is 76.2 cm³/mol. The van der Waals surface area contributed by atoms with Gasteiger partial charge in [-0.3, -0.25) is 5.43 Å². The van der Waals surface area contributed by atoms with Crippen LogP contribution >= 0.6 is 11.8 Å². The highest BCUT2D eigenvalue weighted by Gasteiger charge is 2.17. The molecule has 0 spiro atoms. The fraction of sp³-hybridized carbons (Fsp3) is 0.0833. The van der Waals surface area contributed by atoms with Gasteiger partial charge in [0.1, 0.15) is 5.58 Å². The zero-order valence-corrected chi connectivity index (χ0v) is 10.6. The van der Waals surface area contributed by atoms with Crippen LogP contribution in [-0.4, -0.2) is 16.6 Å². The summed E-state index contributed by atoms with van der Waals surface area (Å²) in [5.41, 5.74) is 3.94. The second-order valence-electron chi connectivity index (χ2n) is 3.88. The van der Waals surface area contributed by atoms with Crippen molar-refractivity contribution in [2.45, 2.75) is 0 Å². The van der Waals surface area contributed by atoms with E-state index in [1.807, 2.05) is 18.2 Å². The number of fused-ring (bicyclic) bond motifs is 1. The summed E-state index contributed by atoms with van der Waals surface area (Å²) in [6.45, 7) is 0. The van der Waals surface area contributed by atoms with Crippen LogP contribution in [0.1, 0.15) is 5.56 Å². The van der Waals surface area contributed by atoms with E-state index in [2.05, 4.69) is 15.6 Å². The number of hydrogen-bond acceptors (Lipinski definition) is 6. The molecule has 0 saturated carbocycles. The maximum Gasteiger partial charge on any atom is 0.345 e. The Hall–Kier alpha value is -2.28. The molecule has 0 saturated heterocycles. The van der Waals surface area contributed by atoms with E-state index in [4.69, 9.17) is 10.3 Å². The van der Waals surface area contributed by atoms with Gasteiger partial charge in [-0.15, -0.1) is 0 Å². The first-order chi connectivity index (χ1) is 9.28. The van der Waals surface area contributed by atoms with Gasteiger partial charge in [-0.25, -0.2) is 4.79 Å². The average Bonchev–Trinajstić information content (AvgIpc) is 2.47. The summed E-state index contributed by atoms with van der Waals surface area (Å²) >= 11 is 1.38. The third-order valence-electron chi connectivity index (χ3n) is 2.70. The third kappa shape index (κ3) is 2.19. The lowest BCUT2D eigenvalue weighted by Gasteiger charge is -2.13. The number of para-hydroxylation sites is 1. The predicted octanol–water partition coefficient (Wildman–Crippen LogP) is 1.06. The zero-order chi connectivity index (χ0) is 13.2. The van der Waals surface area contributed by atoms with Crippen molar-refractivity contribution in [1.82, 2.24) is 5.43 Å². The van der Waals surface area contributed by atoms with Crippen LogP contribution in [0.15, 0.2) is 49.7 Å². The Morgan fingerprint density at radius 1 is 1.42 bits per heavy atom. The van der Waals surface area contributed by atoms with E-state index >= 15 is 0 Å². The zero-order valence-electron chi connectivity index (χ0n) is 9.79. The molecule has 6 nitrogen and oxygen atoms in total. The van der Waals surface area contributed by atoms with E-state index in [-0.39, 0.29) is 0 Å². The van der Waals surface area contributed by atoms with E-state index < -0.39 is 5.63 Å². The summed E-state index contributed by atoms with van der Waals surface area (Å²) < 4.78 is 5.27. The largest absolute Gasteiger partial charge is 0.422 e. The second-order valence-corrected chi connectivity index (χ2v) is 4.84. The van der Waals surface area contributed by atoms with E-state index in [1.54, 1.807) is 12.1 Å². The van der Waals surface area contributed by atoms with Crippen LogP contribution in [0.2, 0.25) is 0 Å². The van der Waals surface area contributed by atoms with Gasteiger partial charge in [-0.05, 0) is 12.1 Å². The van der Waals surface area contributed by atoms with Crippen LogP contribution < -0.4 is 16.9 Å². The molecule has 7 heteroatoms. The first-order valence-electron chi connectivity index (χ1n) is 5.54. The normalized spacial score (nSPS) is 17.3. The molecular formula is C12H10N4O2S.